The van der Waals surface area contributed by atoms with Crippen molar-refractivity contribution >= 4 is 0 Å². The third-order valence-corrected chi connectivity index (χ3v) is 3.92. The summed E-state index contributed by atoms with van der Waals surface area (Å²) < 4.78 is 0. The molecule has 0 aliphatic carbocycles. The zero-order chi connectivity index (χ0) is 13.5. The Balaban J connectivity index is 2.08. The van der Waals surface area contributed by atoms with E-state index in [0.717, 1.165) is 12.8 Å². The summed E-state index contributed by atoms with van der Waals surface area (Å²) in [7, 11) is 0. The normalized spacial score (nSPS) is 14.0. The molecule has 2 atom stereocenters. The number of rotatable bonds is 6. The van der Waals surface area contributed by atoms with Crippen LogP contribution in [0.2, 0.25) is 0 Å². The molecule has 2 heteroatoms. The summed E-state index contributed by atoms with van der Waals surface area (Å²) in [6, 6.07) is 8.45. The number of pyridine rings is 2. The summed E-state index contributed by atoms with van der Waals surface area (Å²) in [5.74, 6) is 1.38. The Morgan fingerprint density at radius 3 is 2.32 bits per heavy atom. The summed E-state index contributed by atoms with van der Waals surface area (Å²) >= 11 is 0. The molecule has 0 aliphatic rings. The van der Waals surface area contributed by atoms with Crippen molar-refractivity contribution in [2.75, 3.05) is 0 Å². The molecule has 2 rings (SSSR count). The van der Waals surface area contributed by atoms with E-state index < -0.39 is 0 Å². The molecule has 19 heavy (non-hydrogen) atoms. The molecule has 100 valence electrons. The molecule has 2 aromatic rings. The monoisotopic (exact) mass is 254 g/mol. The Kier molecular flexibility index (Phi) is 5.08. The summed E-state index contributed by atoms with van der Waals surface area (Å²) in [5, 5.41) is 0. The highest BCUT2D eigenvalue weighted by molar-refractivity contribution is 5.14. The second kappa shape index (κ2) is 7.03. The zero-order valence-corrected chi connectivity index (χ0v) is 11.8. The predicted octanol–water partition coefficient (Wildman–Crippen LogP) is 3.92. The van der Waals surface area contributed by atoms with E-state index in [9.17, 15) is 0 Å². The second-order valence-corrected chi connectivity index (χ2v) is 5.27. The molecule has 2 nitrogen and oxygen atoms in total. The average molecular weight is 254 g/mol. The van der Waals surface area contributed by atoms with Crippen LogP contribution in [0, 0.1) is 11.8 Å². The van der Waals surface area contributed by atoms with Gasteiger partial charge < -0.3 is 0 Å². The lowest BCUT2D eigenvalue weighted by molar-refractivity contribution is 0.343. The van der Waals surface area contributed by atoms with Crippen LogP contribution in [0.1, 0.15) is 31.4 Å². The van der Waals surface area contributed by atoms with Crippen molar-refractivity contribution in [2.24, 2.45) is 11.8 Å². The van der Waals surface area contributed by atoms with Gasteiger partial charge >= 0.3 is 0 Å². The largest absolute Gasteiger partial charge is 0.265 e. The predicted molar refractivity (Wildman–Crippen MR) is 78.8 cm³/mol. The summed E-state index contributed by atoms with van der Waals surface area (Å²) in [6.45, 7) is 4.62. The van der Waals surface area contributed by atoms with E-state index in [-0.39, 0.29) is 0 Å². The van der Waals surface area contributed by atoms with E-state index in [2.05, 4.69) is 42.0 Å². The first-order chi connectivity index (χ1) is 9.29. The van der Waals surface area contributed by atoms with Crippen LogP contribution in [0.3, 0.4) is 0 Å². The lowest BCUT2D eigenvalue weighted by Gasteiger charge is -2.23. The van der Waals surface area contributed by atoms with E-state index >= 15 is 0 Å². The Hall–Kier alpha value is -1.70. The Morgan fingerprint density at radius 1 is 0.947 bits per heavy atom. The molecule has 2 aromatic heterocycles. The zero-order valence-electron chi connectivity index (χ0n) is 11.8. The van der Waals surface area contributed by atoms with E-state index in [1.54, 1.807) is 0 Å². The summed E-state index contributed by atoms with van der Waals surface area (Å²) in [6.07, 6.45) is 11.0. The SMILES string of the molecule is CCC(C)C(Cc1ccncc1)Cc1cccnc1. The molecule has 0 aliphatic heterocycles. The molecule has 0 N–H and O–H groups in total. The Morgan fingerprint density at radius 2 is 1.68 bits per heavy atom. The van der Waals surface area contributed by atoms with Gasteiger partial charge in [0.1, 0.15) is 0 Å². The molecule has 2 unspecified atom stereocenters. The summed E-state index contributed by atoms with van der Waals surface area (Å²) in [5.41, 5.74) is 2.71. The standard InChI is InChI=1S/C17H22N2/c1-3-14(2)17(11-15-6-9-18-10-7-15)12-16-5-4-8-19-13-16/h4-10,13-14,17H,3,11-12H2,1-2H3. The van der Waals surface area contributed by atoms with Crippen LogP contribution < -0.4 is 0 Å². The smallest absolute Gasteiger partial charge is 0.0299 e. The van der Waals surface area contributed by atoms with Gasteiger partial charge in [-0.3, -0.25) is 9.97 Å². The van der Waals surface area contributed by atoms with E-state index in [4.69, 9.17) is 0 Å². The third kappa shape index (κ3) is 4.16. The topological polar surface area (TPSA) is 25.8 Å². The van der Waals surface area contributed by atoms with Gasteiger partial charge in [-0.1, -0.05) is 26.3 Å². The molecule has 0 aromatic carbocycles. The molecule has 0 spiro atoms. The van der Waals surface area contributed by atoms with Crippen LogP contribution in [0.15, 0.2) is 49.1 Å². The first-order valence-corrected chi connectivity index (χ1v) is 7.07. The maximum atomic E-state index is 4.22. The van der Waals surface area contributed by atoms with Gasteiger partial charge in [0.2, 0.25) is 0 Å². The van der Waals surface area contributed by atoms with Gasteiger partial charge in [0.15, 0.2) is 0 Å². The van der Waals surface area contributed by atoms with E-state index in [1.807, 2.05) is 30.9 Å². The van der Waals surface area contributed by atoms with Crippen LogP contribution in [0.25, 0.3) is 0 Å². The van der Waals surface area contributed by atoms with Crippen LogP contribution in [-0.4, -0.2) is 9.97 Å². The van der Waals surface area contributed by atoms with Crippen molar-refractivity contribution in [3.05, 3.63) is 60.2 Å². The van der Waals surface area contributed by atoms with Crippen LogP contribution in [0.4, 0.5) is 0 Å². The molecule has 0 radical (unpaired) electrons. The van der Waals surface area contributed by atoms with Crippen molar-refractivity contribution in [1.82, 2.24) is 9.97 Å². The summed E-state index contributed by atoms with van der Waals surface area (Å²) in [4.78, 5) is 8.31. The van der Waals surface area contributed by atoms with Crippen molar-refractivity contribution in [3.63, 3.8) is 0 Å². The number of nitrogens with zero attached hydrogens (tertiary/aromatic N) is 2. The second-order valence-electron chi connectivity index (χ2n) is 5.27. The van der Waals surface area contributed by atoms with E-state index in [0.29, 0.717) is 11.8 Å². The molecular weight excluding hydrogens is 232 g/mol. The van der Waals surface area contributed by atoms with Gasteiger partial charge in [0.25, 0.3) is 0 Å². The van der Waals surface area contributed by atoms with Gasteiger partial charge in [-0.15, -0.1) is 0 Å². The quantitative estimate of drug-likeness (QED) is 0.780. The fourth-order valence-corrected chi connectivity index (χ4v) is 2.45. The Labute approximate surface area is 115 Å². The van der Waals surface area contributed by atoms with Crippen molar-refractivity contribution in [2.45, 2.75) is 33.1 Å². The van der Waals surface area contributed by atoms with Crippen LogP contribution >= 0.6 is 0 Å². The third-order valence-electron chi connectivity index (χ3n) is 3.92. The molecule has 0 amide bonds. The minimum absolute atomic E-state index is 0.664. The van der Waals surface area contributed by atoms with Gasteiger partial charge in [-0.05, 0) is 54.0 Å². The fraction of sp³-hybridized carbons (Fsp3) is 0.412. The van der Waals surface area contributed by atoms with Crippen molar-refractivity contribution in [1.29, 1.82) is 0 Å². The first-order valence-electron chi connectivity index (χ1n) is 7.07. The molecular formula is C17H22N2. The maximum Gasteiger partial charge on any atom is 0.0299 e. The maximum absolute atomic E-state index is 4.22. The minimum atomic E-state index is 0.664. The van der Waals surface area contributed by atoms with Gasteiger partial charge in [-0.25, -0.2) is 0 Å². The highest BCUT2D eigenvalue weighted by Crippen LogP contribution is 2.24. The van der Waals surface area contributed by atoms with Crippen LogP contribution in [0.5, 0.6) is 0 Å². The van der Waals surface area contributed by atoms with Crippen LogP contribution in [-0.2, 0) is 12.8 Å². The number of hydrogen-bond acceptors (Lipinski definition) is 2. The average Bonchev–Trinajstić information content (AvgIpc) is 2.48. The van der Waals surface area contributed by atoms with Gasteiger partial charge in [0, 0.05) is 24.8 Å². The molecule has 0 bridgehead atoms. The molecule has 0 fully saturated rings. The minimum Gasteiger partial charge on any atom is -0.265 e. The highest BCUT2D eigenvalue weighted by Gasteiger charge is 2.17. The lowest BCUT2D eigenvalue weighted by atomic mass is 9.82. The number of hydrogen-bond donors (Lipinski definition) is 0. The first kappa shape index (κ1) is 13.7. The molecule has 2 heterocycles. The fourth-order valence-electron chi connectivity index (χ4n) is 2.45. The van der Waals surface area contributed by atoms with Crippen molar-refractivity contribution < 1.29 is 0 Å². The lowest BCUT2D eigenvalue weighted by Crippen LogP contribution is -2.17. The van der Waals surface area contributed by atoms with Gasteiger partial charge in [-0.2, -0.15) is 0 Å². The molecule has 0 saturated carbocycles. The molecule has 0 saturated heterocycles. The Bertz CT molecular complexity index is 426. The number of aromatic nitrogens is 2. The van der Waals surface area contributed by atoms with Crippen molar-refractivity contribution in [3.8, 4) is 0 Å². The van der Waals surface area contributed by atoms with E-state index in [1.165, 1.54) is 17.5 Å². The highest BCUT2D eigenvalue weighted by atomic mass is 14.6. The van der Waals surface area contributed by atoms with Gasteiger partial charge in [0.05, 0.1) is 0 Å².